The molecule has 0 spiro atoms. The Kier molecular flexibility index (Phi) is 7.24. The molecule has 0 aliphatic heterocycles. The Hall–Kier alpha value is -2.69. The van der Waals surface area contributed by atoms with E-state index in [1.165, 1.54) is 24.9 Å². The lowest BCUT2D eigenvalue weighted by Gasteiger charge is -2.09. The molecule has 0 saturated carbocycles. The van der Waals surface area contributed by atoms with Crippen LogP contribution in [0.15, 0.2) is 64.6 Å². The van der Waals surface area contributed by atoms with Crippen molar-refractivity contribution < 1.29 is 13.2 Å². The number of thioether (sulfide) groups is 1. The van der Waals surface area contributed by atoms with E-state index in [0.717, 1.165) is 11.4 Å². The average molecular weight is 446 g/mol. The molecule has 1 aromatic heterocycles. The molecule has 1 heterocycles. The van der Waals surface area contributed by atoms with Gasteiger partial charge in [0.15, 0.2) is 5.16 Å². The molecular formula is C20H23N5O3S2. The standard InChI is InChI=1S/C20H23N5O3S2/c1-15-23-24-20(25(15)13-16-7-4-3-5-8-16)29-14-19(26)22-12-17-9-6-10-18(11-17)30(27,28)21-2/h3-11,21H,12-14H2,1-2H3,(H,22,26). The van der Waals surface area contributed by atoms with Crippen molar-refractivity contribution in [2.24, 2.45) is 0 Å². The first-order valence-corrected chi connectivity index (χ1v) is 11.7. The smallest absolute Gasteiger partial charge is 0.240 e. The molecule has 10 heteroatoms. The lowest BCUT2D eigenvalue weighted by molar-refractivity contribution is -0.118. The van der Waals surface area contributed by atoms with E-state index >= 15 is 0 Å². The Morgan fingerprint density at radius 2 is 1.80 bits per heavy atom. The Labute approximate surface area is 180 Å². The predicted octanol–water partition coefficient (Wildman–Crippen LogP) is 1.95. The van der Waals surface area contributed by atoms with Gasteiger partial charge in [-0.3, -0.25) is 4.79 Å². The van der Waals surface area contributed by atoms with Crippen LogP contribution < -0.4 is 10.0 Å². The van der Waals surface area contributed by atoms with Crippen molar-refractivity contribution in [1.82, 2.24) is 24.8 Å². The summed E-state index contributed by atoms with van der Waals surface area (Å²) >= 11 is 1.31. The van der Waals surface area contributed by atoms with Gasteiger partial charge in [-0.15, -0.1) is 10.2 Å². The first-order valence-electron chi connectivity index (χ1n) is 9.25. The largest absolute Gasteiger partial charge is 0.351 e. The molecule has 2 aromatic carbocycles. The summed E-state index contributed by atoms with van der Waals surface area (Å²) in [5.74, 6) is 0.791. The van der Waals surface area contributed by atoms with Gasteiger partial charge in [-0.2, -0.15) is 0 Å². The maximum Gasteiger partial charge on any atom is 0.240 e. The molecule has 1 amide bonds. The van der Waals surface area contributed by atoms with Gasteiger partial charge in [-0.1, -0.05) is 54.2 Å². The van der Waals surface area contributed by atoms with Crippen molar-refractivity contribution in [3.8, 4) is 0 Å². The summed E-state index contributed by atoms with van der Waals surface area (Å²) in [7, 11) is -2.16. The maximum atomic E-state index is 12.3. The van der Waals surface area contributed by atoms with Gasteiger partial charge in [0.2, 0.25) is 15.9 Å². The Morgan fingerprint density at radius 3 is 2.53 bits per heavy atom. The first-order chi connectivity index (χ1) is 14.4. The third-order valence-electron chi connectivity index (χ3n) is 4.38. The molecule has 2 N–H and O–H groups in total. The molecule has 0 aliphatic rings. The van der Waals surface area contributed by atoms with E-state index in [-0.39, 0.29) is 23.1 Å². The first kappa shape index (κ1) is 22.0. The van der Waals surface area contributed by atoms with Crippen LogP contribution >= 0.6 is 11.8 Å². The lowest BCUT2D eigenvalue weighted by Crippen LogP contribution is -2.25. The summed E-state index contributed by atoms with van der Waals surface area (Å²) in [6.45, 7) is 2.75. The van der Waals surface area contributed by atoms with Gasteiger partial charge in [0.05, 0.1) is 17.2 Å². The number of sulfonamides is 1. The number of hydrogen-bond donors (Lipinski definition) is 2. The topological polar surface area (TPSA) is 106 Å². The van der Waals surface area contributed by atoms with Crippen LogP contribution in [-0.4, -0.2) is 41.9 Å². The molecule has 30 heavy (non-hydrogen) atoms. The third kappa shape index (κ3) is 5.68. The minimum Gasteiger partial charge on any atom is -0.351 e. The minimum absolute atomic E-state index is 0.163. The van der Waals surface area contributed by atoms with Crippen molar-refractivity contribution in [1.29, 1.82) is 0 Å². The molecule has 0 aliphatic carbocycles. The van der Waals surface area contributed by atoms with Crippen LogP contribution in [0.3, 0.4) is 0 Å². The number of benzene rings is 2. The molecule has 0 saturated heterocycles. The fraction of sp³-hybridized carbons (Fsp3) is 0.250. The number of rotatable bonds is 9. The minimum atomic E-state index is -3.52. The summed E-state index contributed by atoms with van der Waals surface area (Å²) in [5.41, 5.74) is 1.83. The van der Waals surface area contributed by atoms with Crippen molar-refractivity contribution in [2.45, 2.75) is 30.1 Å². The second kappa shape index (κ2) is 9.88. The number of carbonyl (C=O) groups excluding carboxylic acids is 1. The van der Waals surface area contributed by atoms with Gasteiger partial charge >= 0.3 is 0 Å². The highest BCUT2D eigenvalue weighted by Crippen LogP contribution is 2.18. The molecule has 0 radical (unpaired) electrons. The number of carbonyl (C=O) groups is 1. The number of aryl methyl sites for hydroxylation is 1. The average Bonchev–Trinajstić information content (AvgIpc) is 3.11. The maximum absolute atomic E-state index is 12.3. The zero-order valence-corrected chi connectivity index (χ0v) is 18.3. The number of hydrogen-bond acceptors (Lipinski definition) is 6. The summed E-state index contributed by atoms with van der Waals surface area (Å²) in [4.78, 5) is 12.4. The van der Waals surface area contributed by atoms with Crippen molar-refractivity contribution >= 4 is 27.7 Å². The van der Waals surface area contributed by atoms with Gasteiger partial charge in [-0.25, -0.2) is 13.1 Å². The fourth-order valence-electron chi connectivity index (χ4n) is 2.74. The summed E-state index contributed by atoms with van der Waals surface area (Å²) in [5, 5.41) is 11.8. The van der Waals surface area contributed by atoms with Crippen LogP contribution in [0, 0.1) is 6.92 Å². The highest BCUT2D eigenvalue weighted by molar-refractivity contribution is 7.99. The van der Waals surface area contributed by atoms with Crippen LogP contribution in [0.25, 0.3) is 0 Å². The monoisotopic (exact) mass is 445 g/mol. The molecular weight excluding hydrogens is 422 g/mol. The molecule has 0 atom stereocenters. The number of nitrogens with one attached hydrogen (secondary N) is 2. The van der Waals surface area contributed by atoms with Gasteiger partial charge in [-0.05, 0) is 37.2 Å². The van der Waals surface area contributed by atoms with Crippen molar-refractivity contribution in [2.75, 3.05) is 12.8 Å². The highest BCUT2D eigenvalue weighted by atomic mass is 32.2. The van der Waals surface area contributed by atoms with Crippen molar-refractivity contribution in [3.05, 3.63) is 71.5 Å². The van der Waals surface area contributed by atoms with E-state index in [0.29, 0.717) is 17.3 Å². The Morgan fingerprint density at radius 1 is 1.07 bits per heavy atom. The predicted molar refractivity (Wildman–Crippen MR) is 116 cm³/mol. The molecule has 8 nitrogen and oxygen atoms in total. The SMILES string of the molecule is CNS(=O)(=O)c1cccc(CNC(=O)CSc2nnc(C)n2Cc2ccccc2)c1. The summed E-state index contributed by atoms with van der Waals surface area (Å²) in [6, 6.07) is 16.4. The fourth-order valence-corrected chi connectivity index (χ4v) is 4.35. The second-order valence-electron chi connectivity index (χ2n) is 6.52. The van der Waals surface area contributed by atoms with Gasteiger partial charge in [0.1, 0.15) is 5.82 Å². The van der Waals surface area contributed by atoms with E-state index in [1.807, 2.05) is 41.8 Å². The van der Waals surface area contributed by atoms with E-state index in [1.54, 1.807) is 18.2 Å². The molecule has 3 aromatic rings. The van der Waals surface area contributed by atoms with Crippen LogP contribution in [0.2, 0.25) is 0 Å². The molecule has 0 bridgehead atoms. The van der Waals surface area contributed by atoms with E-state index in [4.69, 9.17) is 0 Å². The van der Waals surface area contributed by atoms with Crippen LogP contribution in [0.1, 0.15) is 17.0 Å². The van der Waals surface area contributed by atoms with E-state index < -0.39 is 10.0 Å². The zero-order chi connectivity index (χ0) is 21.6. The third-order valence-corrected chi connectivity index (χ3v) is 6.76. The molecule has 158 valence electrons. The highest BCUT2D eigenvalue weighted by Gasteiger charge is 2.14. The summed E-state index contributed by atoms with van der Waals surface area (Å²) in [6.07, 6.45) is 0. The van der Waals surface area contributed by atoms with E-state index in [2.05, 4.69) is 20.2 Å². The van der Waals surface area contributed by atoms with Gasteiger partial charge in [0, 0.05) is 6.54 Å². The second-order valence-corrected chi connectivity index (χ2v) is 9.35. The number of amides is 1. The van der Waals surface area contributed by atoms with E-state index in [9.17, 15) is 13.2 Å². The van der Waals surface area contributed by atoms with Crippen molar-refractivity contribution in [3.63, 3.8) is 0 Å². The van der Waals surface area contributed by atoms with Crippen LogP contribution in [0.5, 0.6) is 0 Å². The van der Waals surface area contributed by atoms with Crippen LogP contribution in [-0.2, 0) is 27.9 Å². The quantitative estimate of drug-likeness (QED) is 0.488. The lowest BCUT2D eigenvalue weighted by atomic mass is 10.2. The van der Waals surface area contributed by atoms with Gasteiger partial charge < -0.3 is 9.88 Å². The number of nitrogens with zero attached hydrogens (tertiary/aromatic N) is 3. The number of aromatic nitrogens is 3. The van der Waals surface area contributed by atoms with Gasteiger partial charge in [0.25, 0.3) is 0 Å². The zero-order valence-electron chi connectivity index (χ0n) is 16.7. The molecule has 3 rings (SSSR count). The molecule has 0 unspecified atom stereocenters. The molecule has 0 fully saturated rings. The Bertz CT molecular complexity index is 1110. The Balaban J connectivity index is 1.57. The van der Waals surface area contributed by atoms with Crippen LogP contribution in [0.4, 0.5) is 0 Å². The normalized spacial score (nSPS) is 11.4. The summed E-state index contributed by atoms with van der Waals surface area (Å²) < 4.78 is 28.0.